The van der Waals surface area contributed by atoms with Crippen LogP contribution in [0.4, 0.5) is 4.79 Å². The summed E-state index contributed by atoms with van der Waals surface area (Å²) in [6, 6.07) is 6.89. The second-order valence-corrected chi connectivity index (χ2v) is 5.65. The van der Waals surface area contributed by atoms with E-state index in [4.69, 9.17) is 4.74 Å². The van der Waals surface area contributed by atoms with Gasteiger partial charge < -0.3 is 10.1 Å². The minimum atomic E-state index is -0.998. The van der Waals surface area contributed by atoms with Gasteiger partial charge in [0, 0.05) is 7.05 Å². The number of imide groups is 1. The van der Waals surface area contributed by atoms with E-state index in [9.17, 15) is 9.59 Å². The molecule has 1 aliphatic heterocycles. The zero-order valence-electron chi connectivity index (χ0n) is 12.3. The largest absolute Gasteiger partial charge is 0.493 e. The van der Waals surface area contributed by atoms with Crippen molar-refractivity contribution in [2.45, 2.75) is 26.3 Å². The zero-order valence-corrected chi connectivity index (χ0v) is 12.3. The van der Waals surface area contributed by atoms with Gasteiger partial charge in [0.1, 0.15) is 11.3 Å². The summed E-state index contributed by atoms with van der Waals surface area (Å²) in [5.74, 6) is 0.964. The molecule has 1 saturated heterocycles. The Morgan fingerprint density at radius 1 is 1.25 bits per heavy atom. The van der Waals surface area contributed by atoms with Gasteiger partial charge in [-0.3, -0.25) is 9.69 Å². The average molecular weight is 276 g/mol. The molecule has 3 amide bonds. The molecule has 5 nitrogen and oxygen atoms in total. The van der Waals surface area contributed by atoms with Gasteiger partial charge >= 0.3 is 6.03 Å². The number of benzene rings is 1. The fourth-order valence-electron chi connectivity index (χ4n) is 2.12. The Balaban J connectivity index is 2.18. The molecule has 1 fully saturated rings. The first-order valence-electron chi connectivity index (χ1n) is 6.68. The third kappa shape index (κ3) is 2.48. The van der Waals surface area contributed by atoms with Gasteiger partial charge in [-0.25, -0.2) is 4.79 Å². The van der Waals surface area contributed by atoms with Gasteiger partial charge in [0.15, 0.2) is 0 Å². The first kappa shape index (κ1) is 14.4. The van der Waals surface area contributed by atoms with Crippen molar-refractivity contribution in [2.75, 3.05) is 13.7 Å². The molecular formula is C15H20N2O3. The van der Waals surface area contributed by atoms with E-state index in [2.05, 4.69) is 19.2 Å². The van der Waals surface area contributed by atoms with E-state index in [-0.39, 0.29) is 11.9 Å². The van der Waals surface area contributed by atoms with Crippen molar-refractivity contribution in [1.29, 1.82) is 0 Å². The summed E-state index contributed by atoms with van der Waals surface area (Å²) >= 11 is 0. The lowest BCUT2D eigenvalue weighted by Crippen LogP contribution is -2.40. The van der Waals surface area contributed by atoms with E-state index in [0.717, 1.165) is 16.2 Å². The van der Waals surface area contributed by atoms with E-state index in [0.29, 0.717) is 12.5 Å². The van der Waals surface area contributed by atoms with Crippen LogP contribution in [-0.2, 0) is 10.3 Å². The van der Waals surface area contributed by atoms with Crippen LogP contribution in [0.15, 0.2) is 24.3 Å². The van der Waals surface area contributed by atoms with Gasteiger partial charge in [-0.1, -0.05) is 26.0 Å². The van der Waals surface area contributed by atoms with Crippen molar-refractivity contribution >= 4 is 11.9 Å². The number of hydrogen-bond donors (Lipinski definition) is 1. The SMILES string of the molecule is CC(C)COc1ccc([C@@]2(C)NC(=O)N(C)C2=O)cc1. The highest BCUT2D eigenvalue weighted by Crippen LogP contribution is 2.29. The van der Waals surface area contributed by atoms with Gasteiger partial charge in [0.25, 0.3) is 5.91 Å². The summed E-state index contributed by atoms with van der Waals surface area (Å²) in [5.41, 5.74) is -0.250. The summed E-state index contributed by atoms with van der Waals surface area (Å²) in [4.78, 5) is 24.8. The molecule has 0 aromatic heterocycles. The third-order valence-electron chi connectivity index (χ3n) is 3.41. The van der Waals surface area contributed by atoms with Crippen molar-refractivity contribution in [2.24, 2.45) is 5.92 Å². The molecule has 1 aromatic rings. The average Bonchev–Trinajstić information content (AvgIpc) is 2.62. The minimum Gasteiger partial charge on any atom is -0.493 e. The molecule has 0 spiro atoms. The second-order valence-electron chi connectivity index (χ2n) is 5.65. The molecule has 1 heterocycles. The predicted octanol–water partition coefficient (Wildman–Crippen LogP) is 2.12. The van der Waals surface area contributed by atoms with Crippen molar-refractivity contribution in [3.63, 3.8) is 0 Å². The molecule has 1 aromatic carbocycles. The standard InChI is InChI=1S/C15H20N2O3/c1-10(2)9-20-12-7-5-11(6-8-12)15(3)13(18)17(4)14(19)16-15/h5-8,10H,9H2,1-4H3,(H,16,19)/t15-/m1/s1. The Labute approximate surface area is 118 Å². The van der Waals surface area contributed by atoms with E-state index in [1.165, 1.54) is 7.05 Å². The summed E-state index contributed by atoms with van der Waals surface area (Å²) in [7, 11) is 1.48. The van der Waals surface area contributed by atoms with Crippen LogP contribution in [0.3, 0.4) is 0 Å². The van der Waals surface area contributed by atoms with Crippen molar-refractivity contribution < 1.29 is 14.3 Å². The maximum atomic E-state index is 12.1. The van der Waals surface area contributed by atoms with Crippen LogP contribution < -0.4 is 10.1 Å². The smallest absolute Gasteiger partial charge is 0.325 e. The number of amides is 3. The molecule has 0 bridgehead atoms. The molecule has 0 saturated carbocycles. The van der Waals surface area contributed by atoms with Crippen molar-refractivity contribution in [3.8, 4) is 5.75 Å². The first-order chi connectivity index (χ1) is 9.34. The Morgan fingerprint density at radius 3 is 2.30 bits per heavy atom. The number of nitrogens with zero attached hydrogens (tertiary/aromatic N) is 1. The highest BCUT2D eigenvalue weighted by molar-refractivity contribution is 6.06. The van der Waals surface area contributed by atoms with Crippen LogP contribution in [0.5, 0.6) is 5.75 Å². The Morgan fingerprint density at radius 2 is 1.85 bits per heavy atom. The van der Waals surface area contributed by atoms with Crippen LogP contribution in [0, 0.1) is 5.92 Å². The second kappa shape index (κ2) is 5.15. The lowest BCUT2D eigenvalue weighted by molar-refractivity contribution is -0.130. The van der Waals surface area contributed by atoms with Crippen molar-refractivity contribution in [3.05, 3.63) is 29.8 Å². The minimum absolute atomic E-state index is 0.252. The molecular weight excluding hydrogens is 256 g/mol. The van der Waals surface area contributed by atoms with Gasteiger partial charge in [0.05, 0.1) is 6.61 Å². The third-order valence-corrected chi connectivity index (χ3v) is 3.41. The summed E-state index contributed by atoms with van der Waals surface area (Å²) in [6.45, 7) is 6.52. The number of urea groups is 1. The van der Waals surface area contributed by atoms with Crippen LogP contribution in [0.25, 0.3) is 0 Å². The number of hydrogen-bond acceptors (Lipinski definition) is 3. The Hall–Kier alpha value is -2.04. The van der Waals surface area contributed by atoms with Gasteiger partial charge in [-0.2, -0.15) is 0 Å². The topological polar surface area (TPSA) is 58.6 Å². The lowest BCUT2D eigenvalue weighted by Gasteiger charge is -2.22. The van der Waals surface area contributed by atoms with E-state index < -0.39 is 5.54 Å². The molecule has 0 aliphatic carbocycles. The maximum absolute atomic E-state index is 12.1. The van der Waals surface area contributed by atoms with Crippen LogP contribution >= 0.6 is 0 Å². The number of likely N-dealkylation sites (N-methyl/N-ethyl adjacent to an activating group) is 1. The summed E-state index contributed by atoms with van der Waals surface area (Å²) < 4.78 is 5.60. The van der Waals surface area contributed by atoms with E-state index in [1.807, 2.05) is 24.3 Å². The first-order valence-corrected chi connectivity index (χ1v) is 6.68. The van der Waals surface area contributed by atoms with Gasteiger partial charge in [-0.05, 0) is 30.5 Å². The number of carbonyl (C=O) groups is 2. The van der Waals surface area contributed by atoms with Crippen LogP contribution in [-0.4, -0.2) is 30.5 Å². The lowest BCUT2D eigenvalue weighted by atomic mass is 9.92. The predicted molar refractivity (Wildman–Crippen MR) is 75.4 cm³/mol. The summed E-state index contributed by atoms with van der Waals surface area (Å²) in [5, 5.41) is 2.71. The fraction of sp³-hybridized carbons (Fsp3) is 0.467. The molecule has 1 aliphatic rings. The Bertz CT molecular complexity index is 524. The van der Waals surface area contributed by atoms with Crippen molar-refractivity contribution in [1.82, 2.24) is 10.2 Å². The van der Waals surface area contributed by atoms with Gasteiger partial charge in [0.2, 0.25) is 0 Å². The molecule has 0 radical (unpaired) electrons. The monoisotopic (exact) mass is 276 g/mol. The highest BCUT2D eigenvalue weighted by Gasteiger charge is 2.47. The number of rotatable bonds is 4. The fourth-order valence-corrected chi connectivity index (χ4v) is 2.12. The summed E-state index contributed by atoms with van der Waals surface area (Å²) in [6.07, 6.45) is 0. The zero-order chi connectivity index (χ0) is 14.9. The highest BCUT2D eigenvalue weighted by atomic mass is 16.5. The maximum Gasteiger partial charge on any atom is 0.325 e. The molecule has 20 heavy (non-hydrogen) atoms. The number of carbonyl (C=O) groups excluding carboxylic acids is 2. The molecule has 5 heteroatoms. The quantitative estimate of drug-likeness (QED) is 0.857. The number of nitrogens with one attached hydrogen (secondary N) is 1. The molecule has 2 rings (SSSR count). The molecule has 108 valence electrons. The molecule has 1 atom stereocenters. The van der Waals surface area contributed by atoms with E-state index in [1.54, 1.807) is 6.92 Å². The van der Waals surface area contributed by atoms with Crippen LogP contribution in [0.2, 0.25) is 0 Å². The Kier molecular flexibility index (Phi) is 3.70. The van der Waals surface area contributed by atoms with E-state index >= 15 is 0 Å². The van der Waals surface area contributed by atoms with Crippen LogP contribution in [0.1, 0.15) is 26.3 Å². The number of ether oxygens (including phenoxy) is 1. The normalized spacial score (nSPS) is 22.4. The van der Waals surface area contributed by atoms with Gasteiger partial charge in [-0.15, -0.1) is 0 Å². The molecule has 0 unspecified atom stereocenters. The molecule has 1 N–H and O–H groups in total.